The molecule has 0 unspecified atom stereocenters. The molecule has 1 aliphatic rings. The van der Waals surface area contributed by atoms with Crippen LogP contribution in [0.1, 0.15) is 48.9 Å². The number of carbonyl (C=O) groups excluding carboxylic acids is 1. The van der Waals surface area contributed by atoms with E-state index in [4.69, 9.17) is 0 Å². The summed E-state index contributed by atoms with van der Waals surface area (Å²) >= 11 is 0. The lowest BCUT2D eigenvalue weighted by molar-refractivity contribution is -0.138. The predicted octanol–water partition coefficient (Wildman–Crippen LogP) is 5.43. The van der Waals surface area contributed by atoms with E-state index >= 15 is 0 Å². The molecule has 3 nitrogen and oxygen atoms in total. The number of hydrogen-bond acceptors (Lipinski definition) is 2. The number of alkyl halides is 3. The average molecular weight is 404 g/mol. The van der Waals surface area contributed by atoms with E-state index < -0.39 is 11.7 Å². The van der Waals surface area contributed by atoms with Gasteiger partial charge in [-0.05, 0) is 48.4 Å². The van der Waals surface area contributed by atoms with Gasteiger partial charge in [-0.1, -0.05) is 50.2 Å². The van der Waals surface area contributed by atoms with Crippen molar-refractivity contribution in [2.24, 2.45) is 0 Å². The molecular weight excluding hydrogens is 377 g/mol. The Labute approximate surface area is 169 Å². The van der Waals surface area contributed by atoms with Crippen LogP contribution < -0.4 is 5.32 Å². The zero-order chi connectivity index (χ0) is 21.0. The van der Waals surface area contributed by atoms with Crippen molar-refractivity contribution in [2.45, 2.75) is 58.3 Å². The Bertz CT molecular complexity index is 837. The molecule has 2 aromatic rings. The molecule has 1 N–H and O–H groups in total. The summed E-state index contributed by atoms with van der Waals surface area (Å²) in [4.78, 5) is 14.6. The topological polar surface area (TPSA) is 32.3 Å². The van der Waals surface area contributed by atoms with Crippen molar-refractivity contribution >= 4 is 11.6 Å². The van der Waals surface area contributed by atoms with Gasteiger partial charge in [-0.25, -0.2) is 0 Å². The molecule has 0 bridgehead atoms. The van der Waals surface area contributed by atoms with Crippen LogP contribution in [-0.2, 0) is 30.4 Å². The maximum Gasteiger partial charge on any atom is 0.416 e. The first-order valence-corrected chi connectivity index (χ1v) is 10.1. The Morgan fingerprint density at radius 1 is 1.00 bits per heavy atom. The van der Waals surface area contributed by atoms with Crippen molar-refractivity contribution in [3.63, 3.8) is 0 Å². The molecule has 0 spiro atoms. The Morgan fingerprint density at radius 2 is 1.59 bits per heavy atom. The summed E-state index contributed by atoms with van der Waals surface area (Å²) in [7, 11) is 0. The molecule has 1 fully saturated rings. The number of amides is 1. The molecule has 0 saturated heterocycles. The highest BCUT2D eigenvalue weighted by Crippen LogP contribution is 2.34. The van der Waals surface area contributed by atoms with E-state index in [2.05, 4.69) is 5.32 Å². The highest BCUT2D eigenvalue weighted by molar-refractivity contribution is 5.94. The largest absolute Gasteiger partial charge is 0.416 e. The molecule has 2 aromatic carbocycles. The number of halogens is 3. The van der Waals surface area contributed by atoms with Gasteiger partial charge in [0.1, 0.15) is 0 Å². The van der Waals surface area contributed by atoms with E-state index in [0.717, 1.165) is 48.6 Å². The van der Waals surface area contributed by atoms with E-state index in [0.29, 0.717) is 0 Å². The van der Waals surface area contributed by atoms with Gasteiger partial charge in [0.05, 0.1) is 12.1 Å². The lowest BCUT2D eigenvalue weighted by Crippen LogP contribution is -2.35. The highest BCUT2D eigenvalue weighted by atomic mass is 19.4. The van der Waals surface area contributed by atoms with Gasteiger partial charge in [0.2, 0.25) is 5.91 Å². The fourth-order valence-electron chi connectivity index (χ4n) is 3.67. The third-order valence-electron chi connectivity index (χ3n) is 5.37. The summed E-state index contributed by atoms with van der Waals surface area (Å²) in [6.45, 7) is 4.27. The zero-order valence-corrected chi connectivity index (χ0v) is 16.9. The van der Waals surface area contributed by atoms with Crippen molar-refractivity contribution < 1.29 is 18.0 Å². The Kier molecular flexibility index (Phi) is 6.63. The van der Waals surface area contributed by atoms with Crippen LogP contribution in [0.4, 0.5) is 18.9 Å². The van der Waals surface area contributed by atoms with Crippen LogP contribution in [0.2, 0.25) is 0 Å². The van der Waals surface area contributed by atoms with Crippen LogP contribution in [0.15, 0.2) is 42.5 Å². The standard InChI is InChI=1S/C23H27F3N2O/c1-3-16-9-7-10-17(4-2)22(16)27-21(29)15-28(19-12-13-19)14-18-8-5-6-11-20(18)23(24,25)26/h5-11,19H,3-4,12-15H2,1-2H3,(H,27,29). The van der Waals surface area contributed by atoms with Crippen LogP contribution in [0.25, 0.3) is 0 Å². The lowest BCUT2D eigenvalue weighted by atomic mass is 10.0. The number of rotatable bonds is 8. The Hall–Kier alpha value is -2.34. The van der Waals surface area contributed by atoms with Gasteiger partial charge in [-0.3, -0.25) is 9.69 Å². The van der Waals surface area contributed by atoms with Crippen LogP contribution in [-0.4, -0.2) is 23.4 Å². The third-order valence-corrected chi connectivity index (χ3v) is 5.37. The molecule has 6 heteroatoms. The summed E-state index contributed by atoms with van der Waals surface area (Å²) in [6, 6.07) is 11.7. The second-order valence-electron chi connectivity index (χ2n) is 7.50. The number of aryl methyl sites for hydroxylation is 2. The Balaban J connectivity index is 1.76. The summed E-state index contributed by atoms with van der Waals surface area (Å²) in [5.74, 6) is -0.183. The van der Waals surface area contributed by atoms with Gasteiger partial charge in [-0.2, -0.15) is 13.2 Å². The molecule has 1 aliphatic carbocycles. The summed E-state index contributed by atoms with van der Waals surface area (Å²) in [5.41, 5.74) is 2.56. The number of nitrogens with one attached hydrogen (secondary N) is 1. The van der Waals surface area contributed by atoms with E-state index in [1.807, 2.05) is 36.9 Å². The van der Waals surface area contributed by atoms with E-state index in [1.54, 1.807) is 6.07 Å². The predicted molar refractivity (Wildman–Crippen MR) is 109 cm³/mol. The first-order chi connectivity index (χ1) is 13.8. The molecule has 0 radical (unpaired) electrons. The van der Waals surface area contributed by atoms with Gasteiger partial charge in [0.25, 0.3) is 0 Å². The molecule has 0 aliphatic heterocycles. The quantitative estimate of drug-likeness (QED) is 0.636. The Morgan fingerprint density at radius 3 is 2.14 bits per heavy atom. The second-order valence-corrected chi connectivity index (χ2v) is 7.50. The summed E-state index contributed by atoms with van der Waals surface area (Å²) in [5, 5.41) is 3.02. The van der Waals surface area contributed by atoms with E-state index in [-0.39, 0.29) is 30.6 Å². The van der Waals surface area contributed by atoms with Crippen LogP contribution in [0.5, 0.6) is 0 Å². The summed E-state index contributed by atoms with van der Waals surface area (Å²) in [6.07, 6.45) is -0.978. The van der Waals surface area contributed by atoms with Gasteiger partial charge in [-0.15, -0.1) is 0 Å². The SMILES string of the molecule is CCc1cccc(CC)c1NC(=O)CN(Cc1ccccc1C(F)(F)F)C1CC1. The van der Waals surface area contributed by atoms with Gasteiger partial charge >= 0.3 is 6.18 Å². The van der Waals surface area contributed by atoms with E-state index in [1.165, 1.54) is 12.1 Å². The van der Waals surface area contributed by atoms with Crippen LogP contribution >= 0.6 is 0 Å². The maximum absolute atomic E-state index is 13.3. The van der Waals surface area contributed by atoms with Gasteiger partial charge < -0.3 is 5.32 Å². The normalized spacial score (nSPS) is 14.3. The van der Waals surface area contributed by atoms with Crippen molar-refractivity contribution in [1.82, 2.24) is 4.90 Å². The third kappa shape index (κ3) is 5.38. The maximum atomic E-state index is 13.3. The van der Waals surface area contributed by atoms with Crippen LogP contribution in [0, 0.1) is 0 Å². The molecular formula is C23H27F3N2O. The number of para-hydroxylation sites is 1. The van der Waals surface area contributed by atoms with Crippen molar-refractivity contribution in [3.05, 3.63) is 64.7 Å². The lowest BCUT2D eigenvalue weighted by Gasteiger charge is -2.24. The number of carbonyl (C=O) groups is 1. The molecule has 0 atom stereocenters. The van der Waals surface area contributed by atoms with Gasteiger partial charge in [0.15, 0.2) is 0 Å². The average Bonchev–Trinajstić information content (AvgIpc) is 3.52. The second kappa shape index (κ2) is 8.99. The minimum absolute atomic E-state index is 0.0814. The number of hydrogen-bond donors (Lipinski definition) is 1. The molecule has 0 heterocycles. The van der Waals surface area contributed by atoms with E-state index in [9.17, 15) is 18.0 Å². The zero-order valence-electron chi connectivity index (χ0n) is 16.9. The van der Waals surface area contributed by atoms with Crippen LogP contribution in [0.3, 0.4) is 0 Å². The van der Waals surface area contributed by atoms with Gasteiger partial charge in [0, 0.05) is 18.3 Å². The summed E-state index contributed by atoms with van der Waals surface area (Å²) < 4.78 is 40.0. The first kappa shape index (κ1) is 21.4. The smallest absolute Gasteiger partial charge is 0.324 e. The minimum atomic E-state index is -4.40. The highest BCUT2D eigenvalue weighted by Gasteiger charge is 2.36. The monoisotopic (exact) mass is 404 g/mol. The molecule has 29 heavy (non-hydrogen) atoms. The molecule has 156 valence electrons. The van der Waals surface area contributed by atoms with Crippen molar-refractivity contribution in [1.29, 1.82) is 0 Å². The molecule has 0 aromatic heterocycles. The van der Waals surface area contributed by atoms with Crippen molar-refractivity contribution in [3.8, 4) is 0 Å². The fraction of sp³-hybridized carbons (Fsp3) is 0.435. The first-order valence-electron chi connectivity index (χ1n) is 10.1. The number of benzene rings is 2. The molecule has 3 rings (SSSR count). The number of anilines is 1. The molecule has 1 saturated carbocycles. The fourth-order valence-corrected chi connectivity index (χ4v) is 3.67. The minimum Gasteiger partial charge on any atom is -0.324 e. The van der Waals surface area contributed by atoms with Crippen molar-refractivity contribution in [2.75, 3.05) is 11.9 Å². The number of nitrogens with zero attached hydrogens (tertiary/aromatic N) is 1. The molecule has 1 amide bonds.